The van der Waals surface area contributed by atoms with Gasteiger partial charge in [0.15, 0.2) is 0 Å². The average molecular weight is 189 g/mol. The maximum Gasteiger partial charge on any atom is 0.0991 e. The SMILES string of the molecule is COC(C)(C)Cc1cccc(C#N)c1. The number of rotatable bonds is 3. The van der Waals surface area contributed by atoms with Crippen LogP contribution in [0.15, 0.2) is 24.3 Å². The van der Waals surface area contributed by atoms with Crippen molar-refractivity contribution in [3.63, 3.8) is 0 Å². The molecule has 0 atom stereocenters. The maximum atomic E-state index is 8.74. The number of hydrogen-bond acceptors (Lipinski definition) is 2. The van der Waals surface area contributed by atoms with E-state index < -0.39 is 0 Å². The summed E-state index contributed by atoms with van der Waals surface area (Å²) in [6.45, 7) is 4.07. The van der Waals surface area contributed by atoms with E-state index in [0.29, 0.717) is 5.56 Å². The van der Waals surface area contributed by atoms with E-state index in [1.807, 2.05) is 38.1 Å². The fraction of sp³-hybridized carbons (Fsp3) is 0.417. The summed E-state index contributed by atoms with van der Waals surface area (Å²) in [7, 11) is 1.70. The second-order valence-electron chi connectivity index (χ2n) is 3.95. The van der Waals surface area contributed by atoms with Crippen molar-refractivity contribution in [1.82, 2.24) is 0 Å². The van der Waals surface area contributed by atoms with E-state index in [9.17, 15) is 0 Å². The fourth-order valence-corrected chi connectivity index (χ4v) is 1.31. The molecule has 0 aromatic heterocycles. The minimum absolute atomic E-state index is 0.173. The molecule has 0 spiro atoms. The first-order valence-corrected chi connectivity index (χ1v) is 4.61. The zero-order valence-corrected chi connectivity index (χ0v) is 8.87. The molecule has 1 aromatic rings. The molecular formula is C12H15NO. The van der Waals surface area contributed by atoms with E-state index >= 15 is 0 Å². The van der Waals surface area contributed by atoms with Gasteiger partial charge in [0, 0.05) is 13.5 Å². The Labute approximate surface area is 85.1 Å². The Kier molecular flexibility index (Phi) is 3.27. The third-order valence-electron chi connectivity index (χ3n) is 2.24. The molecule has 0 unspecified atom stereocenters. The van der Waals surface area contributed by atoms with E-state index in [4.69, 9.17) is 10.00 Å². The molecule has 14 heavy (non-hydrogen) atoms. The second kappa shape index (κ2) is 4.26. The Bertz CT molecular complexity index is 350. The molecule has 0 aliphatic heterocycles. The largest absolute Gasteiger partial charge is 0.378 e. The van der Waals surface area contributed by atoms with E-state index in [1.54, 1.807) is 7.11 Å². The molecular weight excluding hydrogens is 174 g/mol. The molecule has 0 fully saturated rings. The van der Waals surface area contributed by atoms with Crippen LogP contribution in [-0.2, 0) is 11.2 Å². The molecule has 0 aliphatic carbocycles. The molecule has 0 amide bonds. The van der Waals surface area contributed by atoms with Crippen LogP contribution in [0.5, 0.6) is 0 Å². The molecule has 1 aromatic carbocycles. The lowest BCUT2D eigenvalue weighted by Gasteiger charge is -2.22. The molecule has 2 heteroatoms. The van der Waals surface area contributed by atoms with Crippen molar-refractivity contribution in [2.75, 3.05) is 7.11 Å². The van der Waals surface area contributed by atoms with Gasteiger partial charge in [-0.15, -0.1) is 0 Å². The normalized spacial score (nSPS) is 11.0. The van der Waals surface area contributed by atoms with Crippen LogP contribution in [0.25, 0.3) is 0 Å². The van der Waals surface area contributed by atoms with Crippen LogP contribution in [0, 0.1) is 11.3 Å². The van der Waals surface area contributed by atoms with Gasteiger partial charge >= 0.3 is 0 Å². The van der Waals surface area contributed by atoms with Gasteiger partial charge in [-0.25, -0.2) is 0 Å². The Morgan fingerprint density at radius 1 is 1.43 bits per heavy atom. The van der Waals surface area contributed by atoms with Gasteiger partial charge < -0.3 is 4.74 Å². The first-order valence-electron chi connectivity index (χ1n) is 4.61. The first kappa shape index (κ1) is 10.7. The molecule has 0 saturated carbocycles. The standard InChI is InChI=1S/C12H15NO/c1-12(2,14-3)8-10-5-4-6-11(7-10)9-13/h4-7H,8H2,1-3H3. The molecule has 0 heterocycles. The van der Waals surface area contributed by atoms with Crippen molar-refractivity contribution in [3.8, 4) is 6.07 Å². The highest BCUT2D eigenvalue weighted by molar-refractivity contribution is 5.33. The van der Waals surface area contributed by atoms with Crippen LogP contribution < -0.4 is 0 Å². The number of benzene rings is 1. The molecule has 0 radical (unpaired) electrons. The van der Waals surface area contributed by atoms with Gasteiger partial charge in [0.2, 0.25) is 0 Å². The Hall–Kier alpha value is -1.33. The number of ether oxygens (including phenoxy) is 1. The molecule has 0 aliphatic rings. The zero-order valence-electron chi connectivity index (χ0n) is 8.87. The summed E-state index contributed by atoms with van der Waals surface area (Å²) >= 11 is 0. The monoisotopic (exact) mass is 189 g/mol. The van der Waals surface area contributed by atoms with E-state index in [0.717, 1.165) is 12.0 Å². The highest BCUT2D eigenvalue weighted by atomic mass is 16.5. The summed E-state index contributed by atoms with van der Waals surface area (Å²) in [6, 6.07) is 9.76. The summed E-state index contributed by atoms with van der Waals surface area (Å²) in [4.78, 5) is 0. The Morgan fingerprint density at radius 2 is 2.14 bits per heavy atom. The molecule has 2 nitrogen and oxygen atoms in total. The third kappa shape index (κ3) is 2.86. The van der Waals surface area contributed by atoms with E-state index in [2.05, 4.69) is 6.07 Å². The summed E-state index contributed by atoms with van der Waals surface area (Å²) in [5.41, 5.74) is 1.67. The summed E-state index contributed by atoms with van der Waals surface area (Å²) in [5.74, 6) is 0. The molecule has 0 N–H and O–H groups in total. The van der Waals surface area contributed by atoms with Crippen LogP contribution in [0.3, 0.4) is 0 Å². The lowest BCUT2D eigenvalue weighted by molar-refractivity contribution is 0.0232. The first-order chi connectivity index (χ1) is 6.57. The number of methoxy groups -OCH3 is 1. The van der Waals surface area contributed by atoms with Crippen molar-refractivity contribution in [3.05, 3.63) is 35.4 Å². The number of nitriles is 1. The van der Waals surface area contributed by atoms with Crippen molar-refractivity contribution >= 4 is 0 Å². The molecule has 0 saturated heterocycles. The lowest BCUT2D eigenvalue weighted by Crippen LogP contribution is -2.25. The fourth-order valence-electron chi connectivity index (χ4n) is 1.31. The summed E-state index contributed by atoms with van der Waals surface area (Å²) < 4.78 is 5.33. The lowest BCUT2D eigenvalue weighted by atomic mass is 9.97. The molecule has 1 rings (SSSR count). The quantitative estimate of drug-likeness (QED) is 0.732. The van der Waals surface area contributed by atoms with Gasteiger partial charge in [-0.3, -0.25) is 0 Å². The van der Waals surface area contributed by atoms with Crippen LogP contribution in [0.4, 0.5) is 0 Å². The minimum Gasteiger partial charge on any atom is -0.378 e. The topological polar surface area (TPSA) is 33.0 Å². The third-order valence-corrected chi connectivity index (χ3v) is 2.24. The van der Waals surface area contributed by atoms with E-state index in [-0.39, 0.29) is 5.60 Å². The van der Waals surface area contributed by atoms with Gasteiger partial charge in [-0.1, -0.05) is 12.1 Å². The van der Waals surface area contributed by atoms with Crippen molar-refractivity contribution in [1.29, 1.82) is 5.26 Å². The average Bonchev–Trinajstić information content (AvgIpc) is 2.17. The van der Waals surface area contributed by atoms with Crippen LogP contribution in [-0.4, -0.2) is 12.7 Å². The van der Waals surface area contributed by atoms with Crippen LogP contribution in [0.2, 0.25) is 0 Å². The zero-order chi connectivity index (χ0) is 10.6. The smallest absolute Gasteiger partial charge is 0.0991 e. The van der Waals surface area contributed by atoms with Gasteiger partial charge in [-0.2, -0.15) is 5.26 Å². The van der Waals surface area contributed by atoms with Crippen LogP contribution in [0.1, 0.15) is 25.0 Å². The highest BCUT2D eigenvalue weighted by Gasteiger charge is 2.16. The maximum absolute atomic E-state index is 8.74. The van der Waals surface area contributed by atoms with E-state index in [1.165, 1.54) is 0 Å². The van der Waals surface area contributed by atoms with Gasteiger partial charge in [0.1, 0.15) is 0 Å². The van der Waals surface area contributed by atoms with Gasteiger partial charge in [-0.05, 0) is 31.5 Å². The Balaban J connectivity index is 2.83. The highest BCUT2D eigenvalue weighted by Crippen LogP contribution is 2.16. The van der Waals surface area contributed by atoms with Crippen molar-refractivity contribution < 1.29 is 4.74 Å². The van der Waals surface area contributed by atoms with Crippen molar-refractivity contribution in [2.24, 2.45) is 0 Å². The number of hydrogen-bond donors (Lipinski definition) is 0. The minimum atomic E-state index is -0.173. The second-order valence-corrected chi connectivity index (χ2v) is 3.95. The molecule has 0 bridgehead atoms. The summed E-state index contributed by atoms with van der Waals surface area (Å²) in [5, 5.41) is 8.74. The van der Waals surface area contributed by atoms with Crippen molar-refractivity contribution in [2.45, 2.75) is 25.9 Å². The predicted molar refractivity (Wildman–Crippen MR) is 55.9 cm³/mol. The summed E-state index contributed by atoms with van der Waals surface area (Å²) in [6.07, 6.45) is 0.818. The number of nitrogens with zero attached hydrogens (tertiary/aromatic N) is 1. The van der Waals surface area contributed by atoms with Gasteiger partial charge in [0.25, 0.3) is 0 Å². The van der Waals surface area contributed by atoms with Gasteiger partial charge in [0.05, 0.1) is 17.2 Å². The predicted octanol–water partition coefficient (Wildman–Crippen LogP) is 2.53. The molecule has 74 valence electrons. The Morgan fingerprint density at radius 3 is 2.71 bits per heavy atom. The van der Waals surface area contributed by atoms with Crippen LogP contribution >= 0.6 is 0 Å².